The van der Waals surface area contributed by atoms with Crippen LogP contribution in [-0.2, 0) is 0 Å². The molecule has 4 fully saturated rings. The highest BCUT2D eigenvalue weighted by atomic mass is 35.5. The number of hydrogen-bond donors (Lipinski definition) is 0. The van der Waals surface area contributed by atoms with E-state index in [0.717, 1.165) is 37.0 Å². The zero-order valence-electron chi connectivity index (χ0n) is 12.4. The van der Waals surface area contributed by atoms with Gasteiger partial charge in [0.05, 0.1) is 10.6 Å². The van der Waals surface area contributed by atoms with Gasteiger partial charge in [-0.05, 0) is 62.3 Å². The molecule has 0 aliphatic heterocycles. The highest BCUT2D eigenvalue weighted by molar-refractivity contribution is 6.66. The maximum absolute atomic E-state index is 10.9. The molecule has 5 rings (SSSR count). The number of non-ortho nitro benzene ring substituents is 1. The molecule has 0 radical (unpaired) electrons. The van der Waals surface area contributed by atoms with Crippen LogP contribution in [0.15, 0.2) is 29.3 Å². The second kappa shape index (κ2) is 5.05. The maximum atomic E-state index is 10.9. The van der Waals surface area contributed by atoms with Crippen molar-refractivity contribution in [3.05, 3.63) is 34.4 Å². The minimum Gasteiger partial charge on any atom is -0.258 e. The highest BCUT2D eigenvalue weighted by Gasteiger charge is 2.53. The largest absolute Gasteiger partial charge is 0.271 e. The van der Waals surface area contributed by atoms with Crippen molar-refractivity contribution >= 4 is 28.1 Å². The number of benzene rings is 1. The summed E-state index contributed by atoms with van der Waals surface area (Å²) in [5.41, 5.74) is 0.701. The van der Waals surface area contributed by atoms with E-state index in [-0.39, 0.29) is 11.1 Å². The lowest BCUT2D eigenvalue weighted by molar-refractivity contribution is -0.384. The van der Waals surface area contributed by atoms with Crippen molar-refractivity contribution in [2.75, 3.05) is 0 Å². The number of aliphatic imine (C=N–C) groups is 1. The van der Waals surface area contributed by atoms with Crippen molar-refractivity contribution < 1.29 is 4.92 Å². The molecule has 116 valence electrons. The van der Waals surface area contributed by atoms with Crippen molar-refractivity contribution in [2.45, 2.75) is 38.5 Å². The fourth-order valence-electron chi connectivity index (χ4n) is 5.27. The van der Waals surface area contributed by atoms with Crippen molar-refractivity contribution in [1.82, 2.24) is 0 Å². The van der Waals surface area contributed by atoms with Crippen molar-refractivity contribution in [3.8, 4) is 0 Å². The van der Waals surface area contributed by atoms with E-state index in [1.165, 1.54) is 31.4 Å². The SMILES string of the molecule is O=[N+]([O-])c1cccc(N=C(Cl)C23CC4CC(CC(C4)C2)C3)c1. The van der Waals surface area contributed by atoms with E-state index in [2.05, 4.69) is 4.99 Å². The van der Waals surface area contributed by atoms with Gasteiger partial charge >= 0.3 is 0 Å². The molecule has 0 saturated heterocycles. The summed E-state index contributed by atoms with van der Waals surface area (Å²) in [5, 5.41) is 11.6. The van der Waals surface area contributed by atoms with Crippen molar-refractivity contribution in [2.24, 2.45) is 28.2 Å². The van der Waals surface area contributed by atoms with Gasteiger partial charge in [0.2, 0.25) is 0 Å². The minimum atomic E-state index is -0.391. The van der Waals surface area contributed by atoms with Gasteiger partial charge < -0.3 is 0 Å². The van der Waals surface area contributed by atoms with Crippen molar-refractivity contribution in [1.29, 1.82) is 0 Å². The average Bonchev–Trinajstić information content (AvgIpc) is 2.46. The summed E-state index contributed by atoms with van der Waals surface area (Å²) in [6, 6.07) is 6.44. The molecule has 5 heteroatoms. The first-order chi connectivity index (χ1) is 10.5. The van der Waals surface area contributed by atoms with Crippen LogP contribution >= 0.6 is 11.6 Å². The van der Waals surface area contributed by atoms with Gasteiger partial charge in [0, 0.05) is 17.5 Å². The Bertz CT molecular complexity index is 621. The molecule has 4 nitrogen and oxygen atoms in total. The van der Waals surface area contributed by atoms with Gasteiger partial charge in [-0.2, -0.15) is 0 Å². The first kappa shape index (κ1) is 14.2. The molecule has 1 aromatic carbocycles. The lowest BCUT2D eigenvalue weighted by atomic mass is 9.50. The molecule has 4 aliphatic carbocycles. The summed E-state index contributed by atoms with van der Waals surface area (Å²) in [6.07, 6.45) is 7.53. The van der Waals surface area contributed by atoms with Crippen LogP contribution in [-0.4, -0.2) is 10.1 Å². The van der Waals surface area contributed by atoms with Gasteiger partial charge in [-0.3, -0.25) is 10.1 Å². The Morgan fingerprint density at radius 1 is 1.18 bits per heavy atom. The molecular weight excluding hydrogens is 300 g/mol. The minimum absolute atomic E-state index is 0.0426. The van der Waals surface area contributed by atoms with Gasteiger partial charge in [-0.1, -0.05) is 17.7 Å². The Morgan fingerprint density at radius 2 is 1.77 bits per heavy atom. The summed E-state index contributed by atoms with van der Waals surface area (Å²) in [5.74, 6) is 2.42. The fraction of sp³-hybridized carbons (Fsp3) is 0.588. The van der Waals surface area contributed by atoms with Crippen LogP contribution in [0.3, 0.4) is 0 Å². The molecule has 0 amide bonds. The molecule has 4 saturated carbocycles. The molecule has 0 unspecified atom stereocenters. The molecule has 0 N–H and O–H groups in total. The van der Waals surface area contributed by atoms with E-state index in [4.69, 9.17) is 11.6 Å². The van der Waals surface area contributed by atoms with Gasteiger partial charge in [-0.15, -0.1) is 0 Å². The molecule has 1 aromatic rings. The third kappa shape index (κ3) is 2.34. The smallest absolute Gasteiger partial charge is 0.258 e. The van der Waals surface area contributed by atoms with E-state index in [1.54, 1.807) is 12.1 Å². The fourth-order valence-corrected chi connectivity index (χ4v) is 5.60. The van der Waals surface area contributed by atoms with E-state index in [1.807, 2.05) is 0 Å². The lowest BCUT2D eigenvalue weighted by Gasteiger charge is -2.56. The van der Waals surface area contributed by atoms with Crippen LogP contribution in [0.5, 0.6) is 0 Å². The number of nitrogens with zero attached hydrogens (tertiary/aromatic N) is 2. The third-order valence-electron chi connectivity index (χ3n) is 5.74. The first-order valence-electron chi connectivity index (χ1n) is 8.03. The molecule has 0 heterocycles. The van der Waals surface area contributed by atoms with Crippen LogP contribution in [0, 0.1) is 33.3 Å². The van der Waals surface area contributed by atoms with E-state index in [9.17, 15) is 10.1 Å². The number of nitro groups is 1. The average molecular weight is 319 g/mol. The number of nitro benzene ring substituents is 1. The predicted molar refractivity (Wildman–Crippen MR) is 86.6 cm³/mol. The Hall–Kier alpha value is -1.42. The van der Waals surface area contributed by atoms with Crippen LogP contribution < -0.4 is 0 Å². The molecule has 22 heavy (non-hydrogen) atoms. The van der Waals surface area contributed by atoms with Gasteiger partial charge in [-0.25, -0.2) is 4.99 Å². The summed E-state index contributed by atoms with van der Waals surface area (Å²) in [6.45, 7) is 0. The van der Waals surface area contributed by atoms with Gasteiger partial charge in [0.1, 0.15) is 5.17 Å². The molecule has 0 aromatic heterocycles. The molecular formula is C17H19ClN2O2. The summed E-state index contributed by atoms with van der Waals surface area (Å²) in [4.78, 5) is 15.1. The Morgan fingerprint density at radius 3 is 2.32 bits per heavy atom. The summed E-state index contributed by atoms with van der Waals surface area (Å²) in [7, 11) is 0. The normalized spacial score (nSPS) is 36.6. The zero-order chi connectivity index (χ0) is 15.3. The monoisotopic (exact) mass is 318 g/mol. The number of hydrogen-bond acceptors (Lipinski definition) is 3. The maximum Gasteiger partial charge on any atom is 0.271 e. The van der Waals surface area contributed by atoms with E-state index >= 15 is 0 Å². The molecule has 0 spiro atoms. The standard InChI is InChI=1S/C17H19ClN2O2/c18-16(19-14-2-1-3-15(7-14)20(21)22)17-8-11-4-12(9-17)6-13(5-11)10-17/h1-3,7,11-13H,4-6,8-10H2. The second-order valence-corrected chi connectivity index (χ2v) is 7.74. The van der Waals surface area contributed by atoms with E-state index < -0.39 is 4.92 Å². The lowest BCUT2D eigenvalue weighted by Crippen LogP contribution is -2.48. The number of rotatable bonds is 3. The topological polar surface area (TPSA) is 55.5 Å². The second-order valence-electron chi connectivity index (χ2n) is 7.38. The quantitative estimate of drug-likeness (QED) is 0.443. The molecule has 0 atom stereocenters. The summed E-state index contributed by atoms with van der Waals surface area (Å²) < 4.78 is 0. The van der Waals surface area contributed by atoms with Gasteiger partial charge in [0.15, 0.2) is 0 Å². The molecule has 4 aliphatic rings. The Kier molecular flexibility index (Phi) is 3.26. The van der Waals surface area contributed by atoms with Crippen LogP contribution in [0.25, 0.3) is 0 Å². The van der Waals surface area contributed by atoms with E-state index in [0.29, 0.717) is 10.9 Å². The Balaban J connectivity index is 1.65. The van der Waals surface area contributed by atoms with Gasteiger partial charge in [0.25, 0.3) is 5.69 Å². The third-order valence-corrected chi connectivity index (χ3v) is 6.23. The van der Waals surface area contributed by atoms with Crippen LogP contribution in [0.2, 0.25) is 0 Å². The van der Waals surface area contributed by atoms with Crippen molar-refractivity contribution in [3.63, 3.8) is 0 Å². The zero-order valence-corrected chi connectivity index (χ0v) is 13.1. The summed E-state index contributed by atoms with van der Waals surface area (Å²) >= 11 is 6.65. The number of halogens is 1. The highest BCUT2D eigenvalue weighted by Crippen LogP contribution is 2.61. The first-order valence-corrected chi connectivity index (χ1v) is 8.41. The predicted octanol–water partition coefficient (Wildman–Crippen LogP) is 5.08. The van der Waals surface area contributed by atoms with Crippen LogP contribution in [0.1, 0.15) is 38.5 Å². The Labute approximate surface area is 134 Å². The molecule has 4 bridgehead atoms. The van der Waals surface area contributed by atoms with Crippen LogP contribution in [0.4, 0.5) is 11.4 Å².